The Labute approximate surface area is 106 Å². The SMILES string of the molecule is O=Cc1ccc(-c2cc(F)cc(C(F)(F)F)c2)cc1. The molecule has 19 heavy (non-hydrogen) atoms. The largest absolute Gasteiger partial charge is 0.416 e. The van der Waals surface area contributed by atoms with Gasteiger partial charge in [0, 0.05) is 5.56 Å². The van der Waals surface area contributed by atoms with Crippen LogP contribution in [-0.4, -0.2) is 6.29 Å². The van der Waals surface area contributed by atoms with Crippen molar-refractivity contribution >= 4 is 6.29 Å². The Morgan fingerprint density at radius 3 is 2.05 bits per heavy atom. The minimum absolute atomic E-state index is 0.116. The Balaban J connectivity index is 2.49. The Morgan fingerprint density at radius 1 is 0.895 bits per heavy atom. The second kappa shape index (κ2) is 4.84. The quantitative estimate of drug-likeness (QED) is 0.585. The lowest BCUT2D eigenvalue weighted by molar-refractivity contribution is -0.137. The van der Waals surface area contributed by atoms with Crippen molar-refractivity contribution in [3.8, 4) is 11.1 Å². The number of carbonyl (C=O) groups is 1. The molecule has 0 saturated carbocycles. The number of hydrogen-bond acceptors (Lipinski definition) is 1. The summed E-state index contributed by atoms with van der Waals surface area (Å²) in [5.74, 6) is -0.954. The van der Waals surface area contributed by atoms with Gasteiger partial charge in [0.2, 0.25) is 0 Å². The van der Waals surface area contributed by atoms with E-state index in [1.54, 1.807) is 0 Å². The van der Waals surface area contributed by atoms with Crippen LogP contribution in [0.15, 0.2) is 42.5 Å². The molecule has 0 N–H and O–H groups in total. The van der Waals surface area contributed by atoms with Crippen molar-refractivity contribution in [2.75, 3.05) is 0 Å². The van der Waals surface area contributed by atoms with Crippen LogP contribution in [0, 0.1) is 5.82 Å². The first kappa shape index (κ1) is 13.3. The first-order valence-corrected chi connectivity index (χ1v) is 5.33. The minimum Gasteiger partial charge on any atom is -0.298 e. The molecule has 0 aromatic heterocycles. The van der Waals surface area contributed by atoms with Gasteiger partial charge in [-0.2, -0.15) is 13.2 Å². The first-order valence-electron chi connectivity index (χ1n) is 5.33. The summed E-state index contributed by atoms with van der Waals surface area (Å²) in [4.78, 5) is 10.5. The van der Waals surface area contributed by atoms with Crippen LogP contribution < -0.4 is 0 Å². The van der Waals surface area contributed by atoms with Gasteiger partial charge in [-0.3, -0.25) is 4.79 Å². The maximum Gasteiger partial charge on any atom is 0.416 e. The van der Waals surface area contributed by atoms with E-state index in [4.69, 9.17) is 0 Å². The van der Waals surface area contributed by atoms with Crippen molar-refractivity contribution in [3.05, 3.63) is 59.4 Å². The third kappa shape index (κ3) is 2.99. The van der Waals surface area contributed by atoms with Gasteiger partial charge in [0.25, 0.3) is 0 Å². The highest BCUT2D eigenvalue weighted by Crippen LogP contribution is 2.33. The van der Waals surface area contributed by atoms with Gasteiger partial charge in [-0.25, -0.2) is 4.39 Å². The smallest absolute Gasteiger partial charge is 0.298 e. The first-order chi connectivity index (χ1) is 8.90. The van der Waals surface area contributed by atoms with Crippen LogP contribution in [0.2, 0.25) is 0 Å². The summed E-state index contributed by atoms with van der Waals surface area (Å²) >= 11 is 0. The molecular weight excluding hydrogens is 260 g/mol. The molecule has 0 spiro atoms. The number of benzene rings is 2. The molecule has 0 atom stereocenters. The average Bonchev–Trinajstić information content (AvgIpc) is 2.37. The molecule has 0 radical (unpaired) electrons. The molecule has 1 nitrogen and oxygen atoms in total. The van der Waals surface area contributed by atoms with Crippen LogP contribution >= 0.6 is 0 Å². The van der Waals surface area contributed by atoms with Gasteiger partial charge in [0.15, 0.2) is 0 Å². The van der Waals surface area contributed by atoms with Gasteiger partial charge >= 0.3 is 6.18 Å². The predicted molar refractivity (Wildman–Crippen MR) is 62.2 cm³/mol. The van der Waals surface area contributed by atoms with Gasteiger partial charge in [-0.15, -0.1) is 0 Å². The highest BCUT2D eigenvalue weighted by atomic mass is 19.4. The molecule has 98 valence electrons. The van der Waals surface area contributed by atoms with E-state index in [2.05, 4.69) is 0 Å². The molecule has 0 heterocycles. The second-order valence-electron chi connectivity index (χ2n) is 3.97. The van der Waals surface area contributed by atoms with Crippen LogP contribution in [0.3, 0.4) is 0 Å². The van der Waals surface area contributed by atoms with Crippen LogP contribution in [0.5, 0.6) is 0 Å². The van der Waals surface area contributed by atoms with Crippen LogP contribution in [0.4, 0.5) is 17.6 Å². The molecule has 0 saturated heterocycles. The lowest BCUT2D eigenvalue weighted by Gasteiger charge is -2.09. The van der Waals surface area contributed by atoms with E-state index < -0.39 is 17.6 Å². The molecule has 0 aliphatic rings. The standard InChI is InChI=1S/C14H8F4O/c15-13-6-11(5-12(7-13)14(16,17)18)10-3-1-9(8-19)2-4-10/h1-8H. The fourth-order valence-corrected chi connectivity index (χ4v) is 1.67. The van der Waals surface area contributed by atoms with Gasteiger partial charge in [-0.1, -0.05) is 24.3 Å². The van der Waals surface area contributed by atoms with Crippen LogP contribution in [0.25, 0.3) is 11.1 Å². The van der Waals surface area contributed by atoms with Crippen molar-refractivity contribution in [1.82, 2.24) is 0 Å². The molecule has 2 rings (SSSR count). The summed E-state index contributed by atoms with van der Waals surface area (Å²) in [6.45, 7) is 0. The number of halogens is 4. The third-order valence-corrected chi connectivity index (χ3v) is 2.61. The van der Waals surface area contributed by atoms with Crippen LogP contribution in [-0.2, 0) is 6.18 Å². The Kier molecular flexibility index (Phi) is 3.38. The number of carbonyl (C=O) groups excluding carboxylic acids is 1. The Hall–Kier alpha value is -2.17. The number of aldehydes is 1. The Morgan fingerprint density at radius 2 is 1.53 bits per heavy atom. The van der Waals surface area contributed by atoms with E-state index in [0.717, 1.165) is 12.1 Å². The molecule has 2 aromatic carbocycles. The summed E-state index contributed by atoms with van der Waals surface area (Å²) in [5, 5.41) is 0. The number of rotatable bonds is 2. The van der Waals surface area contributed by atoms with Gasteiger partial charge in [-0.05, 0) is 29.3 Å². The van der Waals surface area contributed by atoms with E-state index in [9.17, 15) is 22.4 Å². The zero-order chi connectivity index (χ0) is 14.0. The van der Waals surface area contributed by atoms with E-state index >= 15 is 0 Å². The number of hydrogen-bond donors (Lipinski definition) is 0. The predicted octanol–water partition coefficient (Wildman–Crippen LogP) is 4.32. The van der Waals surface area contributed by atoms with Gasteiger partial charge < -0.3 is 0 Å². The molecular formula is C14H8F4O. The topological polar surface area (TPSA) is 17.1 Å². The summed E-state index contributed by atoms with van der Waals surface area (Å²) in [7, 11) is 0. The zero-order valence-electron chi connectivity index (χ0n) is 9.54. The molecule has 0 aliphatic heterocycles. The summed E-state index contributed by atoms with van der Waals surface area (Å²) < 4.78 is 50.9. The highest BCUT2D eigenvalue weighted by molar-refractivity contribution is 5.77. The molecule has 0 fully saturated rings. The fourth-order valence-electron chi connectivity index (χ4n) is 1.67. The van der Waals surface area contributed by atoms with E-state index in [0.29, 0.717) is 23.5 Å². The minimum atomic E-state index is -4.60. The highest BCUT2D eigenvalue weighted by Gasteiger charge is 2.31. The Bertz CT molecular complexity index is 600. The second-order valence-corrected chi connectivity index (χ2v) is 3.97. The summed E-state index contributed by atoms with van der Waals surface area (Å²) in [6, 6.07) is 8.20. The maximum atomic E-state index is 13.2. The van der Waals surface area contributed by atoms with Crippen molar-refractivity contribution < 1.29 is 22.4 Å². The molecule has 0 amide bonds. The summed E-state index contributed by atoms with van der Waals surface area (Å²) in [5.41, 5.74) is -0.112. The van der Waals surface area contributed by atoms with Crippen molar-refractivity contribution in [2.45, 2.75) is 6.18 Å². The summed E-state index contributed by atoms with van der Waals surface area (Å²) in [6.07, 6.45) is -3.98. The van der Waals surface area contributed by atoms with E-state index in [1.165, 1.54) is 24.3 Å². The van der Waals surface area contributed by atoms with Crippen molar-refractivity contribution in [3.63, 3.8) is 0 Å². The van der Waals surface area contributed by atoms with Crippen molar-refractivity contribution in [1.29, 1.82) is 0 Å². The van der Waals surface area contributed by atoms with Gasteiger partial charge in [0.1, 0.15) is 12.1 Å². The molecule has 5 heteroatoms. The van der Waals surface area contributed by atoms with Crippen LogP contribution in [0.1, 0.15) is 15.9 Å². The average molecular weight is 268 g/mol. The molecule has 0 unspecified atom stereocenters. The molecule has 0 aliphatic carbocycles. The molecule has 0 bridgehead atoms. The van der Waals surface area contributed by atoms with Crippen molar-refractivity contribution in [2.24, 2.45) is 0 Å². The third-order valence-electron chi connectivity index (χ3n) is 2.61. The zero-order valence-corrected chi connectivity index (χ0v) is 9.54. The van der Waals surface area contributed by atoms with E-state index in [1.807, 2.05) is 0 Å². The lowest BCUT2D eigenvalue weighted by atomic mass is 10.0. The van der Waals surface area contributed by atoms with Gasteiger partial charge in [0.05, 0.1) is 5.56 Å². The normalized spacial score (nSPS) is 11.4. The lowest BCUT2D eigenvalue weighted by Crippen LogP contribution is -2.05. The fraction of sp³-hybridized carbons (Fsp3) is 0.0714. The number of alkyl halides is 3. The monoisotopic (exact) mass is 268 g/mol. The molecule has 2 aromatic rings. The van der Waals surface area contributed by atoms with E-state index in [-0.39, 0.29) is 5.56 Å². The maximum absolute atomic E-state index is 13.2.